The molecule has 0 saturated carbocycles. The van der Waals surface area contributed by atoms with Gasteiger partial charge < -0.3 is 9.84 Å². The van der Waals surface area contributed by atoms with E-state index in [1.54, 1.807) is 6.92 Å². The second kappa shape index (κ2) is 5.52. The summed E-state index contributed by atoms with van der Waals surface area (Å²) in [6.07, 6.45) is 0.702. The molecule has 0 aliphatic rings. The first kappa shape index (κ1) is 10.9. The lowest BCUT2D eigenvalue weighted by molar-refractivity contribution is -0.0671. The van der Waals surface area contributed by atoms with E-state index in [9.17, 15) is 0 Å². The zero-order chi connectivity index (χ0) is 8.85. The standard InChI is InChI=1S/C8H19NO2/c1-5-8(9(3)4)11-6-7(2)10/h7-8,10H,5-6H2,1-4H3. The first-order valence-electron chi connectivity index (χ1n) is 4.04. The molecular formula is C8H19NO2. The summed E-state index contributed by atoms with van der Waals surface area (Å²) in [6, 6.07) is 0. The predicted molar refractivity (Wildman–Crippen MR) is 45.4 cm³/mol. The van der Waals surface area contributed by atoms with Crippen LogP contribution in [0, 0.1) is 0 Å². The highest BCUT2D eigenvalue weighted by atomic mass is 16.5. The van der Waals surface area contributed by atoms with Gasteiger partial charge in [0.25, 0.3) is 0 Å². The Morgan fingerprint density at radius 3 is 2.27 bits per heavy atom. The number of hydrogen-bond donors (Lipinski definition) is 1. The molecule has 0 spiro atoms. The molecule has 68 valence electrons. The van der Waals surface area contributed by atoms with Gasteiger partial charge in [-0.25, -0.2) is 0 Å². The minimum absolute atomic E-state index is 0.129. The largest absolute Gasteiger partial charge is 0.391 e. The molecule has 0 rings (SSSR count). The van der Waals surface area contributed by atoms with E-state index in [2.05, 4.69) is 6.92 Å². The summed E-state index contributed by atoms with van der Waals surface area (Å²) in [5.74, 6) is 0. The summed E-state index contributed by atoms with van der Waals surface area (Å²) in [5.41, 5.74) is 0. The van der Waals surface area contributed by atoms with E-state index in [4.69, 9.17) is 9.84 Å². The predicted octanol–water partition coefficient (Wildman–Crippen LogP) is 0.681. The van der Waals surface area contributed by atoms with Crippen LogP contribution in [0.5, 0.6) is 0 Å². The fourth-order valence-electron chi connectivity index (χ4n) is 0.882. The molecule has 0 aliphatic heterocycles. The van der Waals surface area contributed by atoms with Crippen molar-refractivity contribution in [1.82, 2.24) is 4.90 Å². The van der Waals surface area contributed by atoms with Gasteiger partial charge in [-0.15, -0.1) is 0 Å². The highest BCUT2D eigenvalue weighted by Crippen LogP contribution is 2.01. The number of rotatable bonds is 5. The van der Waals surface area contributed by atoms with E-state index in [0.717, 1.165) is 6.42 Å². The molecule has 0 aliphatic carbocycles. The van der Waals surface area contributed by atoms with Crippen molar-refractivity contribution < 1.29 is 9.84 Å². The van der Waals surface area contributed by atoms with Gasteiger partial charge in [0.15, 0.2) is 0 Å². The third-order valence-corrected chi connectivity index (χ3v) is 1.46. The fraction of sp³-hybridized carbons (Fsp3) is 1.00. The quantitative estimate of drug-likeness (QED) is 0.602. The Morgan fingerprint density at radius 1 is 1.45 bits per heavy atom. The van der Waals surface area contributed by atoms with Gasteiger partial charge >= 0.3 is 0 Å². The molecule has 2 atom stereocenters. The van der Waals surface area contributed by atoms with Crippen molar-refractivity contribution in [3.8, 4) is 0 Å². The monoisotopic (exact) mass is 161 g/mol. The SMILES string of the molecule is CCC(OCC(C)O)N(C)C. The second-order valence-electron chi connectivity index (χ2n) is 3.01. The summed E-state index contributed by atoms with van der Waals surface area (Å²) >= 11 is 0. The summed E-state index contributed by atoms with van der Waals surface area (Å²) in [7, 11) is 3.94. The molecule has 1 N–H and O–H groups in total. The van der Waals surface area contributed by atoms with E-state index in [0.29, 0.717) is 6.61 Å². The molecule has 3 heteroatoms. The lowest BCUT2D eigenvalue weighted by atomic mass is 10.4. The maximum atomic E-state index is 8.94. The molecule has 3 nitrogen and oxygen atoms in total. The first-order chi connectivity index (χ1) is 5.07. The third kappa shape index (κ3) is 5.18. The lowest BCUT2D eigenvalue weighted by Crippen LogP contribution is -2.32. The summed E-state index contributed by atoms with van der Waals surface area (Å²) in [6.45, 7) is 4.20. The van der Waals surface area contributed by atoms with Gasteiger partial charge in [0, 0.05) is 0 Å². The molecule has 0 heterocycles. The minimum atomic E-state index is -0.371. The van der Waals surface area contributed by atoms with Crippen LogP contribution in [0.2, 0.25) is 0 Å². The number of aliphatic hydroxyl groups excluding tert-OH is 1. The molecule has 0 aromatic carbocycles. The highest BCUT2D eigenvalue weighted by Gasteiger charge is 2.09. The highest BCUT2D eigenvalue weighted by molar-refractivity contribution is 4.52. The molecule has 0 fully saturated rings. The van der Waals surface area contributed by atoms with Gasteiger partial charge in [0.05, 0.1) is 12.7 Å². The van der Waals surface area contributed by atoms with Crippen LogP contribution < -0.4 is 0 Å². The van der Waals surface area contributed by atoms with Crippen molar-refractivity contribution in [3.05, 3.63) is 0 Å². The van der Waals surface area contributed by atoms with Crippen molar-refractivity contribution in [2.24, 2.45) is 0 Å². The van der Waals surface area contributed by atoms with Crippen molar-refractivity contribution in [2.45, 2.75) is 32.6 Å². The topological polar surface area (TPSA) is 32.7 Å². The van der Waals surface area contributed by atoms with Crippen LogP contribution >= 0.6 is 0 Å². The molecular weight excluding hydrogens is 142 g/mol. The summed E-state index contributed by atoms with van der Waals surface area (Å²) in [5, 5.41) is 8.94. The molecule has 11 heavy (non-hydrogen) atoms. The molecule has 0 saturated heterocycles. The van der Waals surface area contributed by atoms with Gasteiger partial charge in [-0.2, -0.15) is 0 Å². The average Bonchev–Trinajstić information content (AvgIpc) is 1.87. The molecule has 0 amide bonds. The lowest BCUT2D eigenvalue weighted by Gasteiger charge is -2.23. The maximum absolute atomic E-state index is 8.94. The van der Waals surface area contributed by atoms with E-state index >= 15 is 0 Å². The second-order valence-corrected chi connectivity index (χ2v) is 3.01. The van der Waals surface area contributed by atoms with E-state index in [1.165, 1.54) is 0 Å². The number of hydrogen-bond acceptors (Lipinski definition) is 3. The average molecular weight is 161 g/mol. The Hall–Kier alpha value is -0.120. The van der Waals surface area contributed by atoms with Crippen LogP contribution in [0.1, 0.15) is 20.3 Å². The zero-order valence-corrected chi connectivity index (χ0v) is 7.87. The van der Waals surface area contributed by atoms with Gasteiger partial charge in [-0.1, -0.05) is 6.92 Å². The molecule has 0 bridgehead atoms. The molecule has 2 unspecified atom stereocenters. The normalized spacial score (nSPS) is 16.9. The fourth-order valence-corrected chi connectivity index (χ4v) is 0.882. The Labute approximate surface area is 69.0 Å². The van der Waals surface area contributed by atoms with Crippen LogP contribution in [0.3, 0.4) is 0 Å². The van der Waals surface area contributed by atoms with Gasteiger partial charge in [0.1, 0.15) is 6.23 Å². The van der Waals surface area contributed by atoms with Gasteiger partial charge in [-0.05, 0) is 27.4 Å². The van der Waals surface area contributed by atoms with Crippen molar-refractivity contribution in [3.63, 3.8) is 0 Å². The van der Waals surface area contributed by atoms with Gasteiger partial charge in [0.2, 0.25) is 0 Å². The van der Waals surface area contributed by atoms with Crippen LogP contribution in [-0.2, 0) is 4.74 Å². The van der Waals surface area contributed by atoms with Crippen LogP contribution in [-0.4, -0.2) is 43.0 Å². The number of aliphatic hydroxyl groups is 1. The third-order valence-electron chi connectivity index (χ3n) is 1.46. The van der Waals surface area contributed by atoms with Crippen molar-refractivity contribution in [2.75, 3.05) is 20.7 Å². The molecule has 0 radical (unpaired) electrons. The number of nitrogens with zero attached hydrogens (tertiary/aromatic N) is 1. The Morgan fingerprint density at radius 2 is 2.00 bits per heavy atom. The Kier molecular flexibility index (Phi) is 5.46. The minimum Gasteiger partial charge on any atom is -0.391 e. The van der Waals surface area contributed by atoms with Crippen LogP contribution in [0.15, 0.2) is 0 Å². The van der Waals surface area contributed by atoms with Crippen LogP contribution in [0.25, 0.3) is 0 Å². The molecule has 0 aromatic rings. The van der Waals surface area contributed by atoms with Crippen molar-refractivity contribution in [1.29, 1.82) is 0 Å². The first-order valence-corrected chi connectivity index (χ1v) is 4.04. The van der Waals surface area contributed by atoms with E-state index in [1.807, 2.05) is 19.0 Å². The molecule has 0 aromatic heterocycles. The summed E-state index contributed by atoms with van der Waals surface area (Å²) < 4.78 is 5.39. The smallest absolute Gasteiger partial charge is 0.109 e. The zero-order valence-electron chi connectivity index (χ0n) is 7.87. The Bertz CT molecular complexity index is 94.1. The van der Waals surface area contributed by atoms with E-state index < -0.39 is 0 Å². The van der Waals surface area contributed by atoms with Gasteiger partial charge in [-0.3, -0.25) is 4.90 Å². The summed E-state index contributed by atoms with van der Waals surface area (Å²) in [4.78, 5) is 2.00. The van der Waals surface area contributed by atoms with E-state index in [-0.39, 0.29) is 12.3 Å². The Balaban J connectivity index is 3.52. The maximum Gasteiger partial charge on any atom is 0.109 e. The van der Waals surface area contributed by atoms with Crippen molar-refractivity contribution >= 4 is 0 Å². The number of ether oxygens (including phenoxy) is 1. The van der Waals surface area contributed by atoms with Crippen LogP contribution in [0.4, 0.5) is 0 Å².